The molecule has 136 valence electrons. The molecule has 0 spiro atoms. The van der Waals surface area contributed by atoms with Crippen molar-refractivity contribution in [3.8, 4) is 0 Å². The molecule has 26 heavy (non-hydrogen) atoms. The minimum atomic E-state index is -3.50. The highest BCUT2D eigenvalue weighted by Gasteiger charge is 2.31. The van der Waals surface area contributed by atoms with Crippen molar-refractivity contribution >= 4 is 37.1 Å². The summed E-state index contributed by atoms with van der Waals surface area (Å²) in [6.45, 7) is 4.48. The number of thiophene rings is 1. The highest BCUT2D eigenvalue weighted by atomic mass is 32.2. The minimum Gasteiger partial charge on any atom is -0.370 e. The number of hydrogen-bond acceptors (Lipinski definition) is 5. The Hall–Kier alpha value is -1.96. The molecule has 0 saturated carbocycles. The topological polar surface area (TPSA) is 53.5 Å². The first kappa shape index (κ1) is 17.5. The molecule has 3 aromatic rings. The van der Waals surface area contributed by atoms with E-state index in [2.05, 4.69) is 9.88 Å². The van der Waals surface area contributed by atoms with Gasteiger partial charge in [0.25, 0.3) is 0 Å². The average Bonchev–Trinajstić information content (AvgIpc) is 2.82. The normalized spacial score (nSPS) is 16.7. The van der Waals surface area contributed by atoms with Gasteiger partial charge in [-0.05, 0) is 31.5 Å². The van der Waals surface area contributed by atoms with Crippen LogP contribution < -0.4 is 4.90 Å². The molecular formula is C19H21N3O2S2. The lowest BCUT2D eigenvalue weighted by Crippen LogP contribution is -2.35. The van der Waals surface area contributed by atoms with Gasteiger partial charge in [0.05, 0.1) is 0 Å². The molecule has 1 aliphatic heterocycles. The molecular weight excluding hydrogens is 366 g/mol. The van der Waals surface area contributed by atoms with Gasteiger partial charge in [-0.3, -0.25) is 4.98 Å². The Morgan fingerprint density at radius 2 is 1.77 bits per heavy atom. The Morgan fingerprint density at radius 1 is 1.00 bits per heavy atom. The van der Waals surface area contributed by atoms with Crippen LogP contribution in [0.15, 0.2) is 53.7 Å². The first-order chi connectivity index (χ1) is 12.6. The van der Waals surface area contributed by atoms with Crippen LogP contribution >= 0.6 is 11.3 Å². The van der Waals surface area contributed by atoms with Crippen LogP contribution in [-0.2, 0) is 10.0 Å². The van der Waals surface area contributed by atoms with Crippen molar-refractivity contribution in [2.24, 2.45) is 0 Å². The third-order valence-electron chi connectivity index (χ3n) is 4.80. The maximum atomic E-state index is 13.4. The third kappa shape index (κ3) is 3.11. The third-order valence-corrected chi connectivity index (χ3v) is 8.10. The van der Waals surface area contributed by atoms with Crippen molar-refractivity contribution < 1.29 is 8.42 Å². The number of benzene rings is 1. The number of hydrogen-bond donors (Lipinski definition) is 0. The molecule has 0 unspecified atom stereocenters. The number of rotatable bonds is 3. The second-order valence-electron chi connectivity index (χ2n) is 6.43. The summed E-state index contributed by atoms with van der Waals surface area (Å²) >= 11 is 1.55. The summed E-state index contributed by atoms with van der Waals surface area (Å²) in [7, 11) is -3.50. The molecule has 2 aromatic heterocycles. The predicted octanol–water partition coefficient (Wildman–Crippen LogP) is 3.51. The van der Waals surface area contributed by atoms with Gasteiger partial charge in [-0.15, -0.1) is 11.3 Å². The SMILES string of the molecule is Cc1sc2ccccc2c1S(=O)(=O)N1CCCN(c2ccncc2)CC1. The Labute approximate surface area is 157 Å². The van der Waals surface area contributed by atoms with Gasteiger partial charge in [0.2, 0.25) is 10.0 Å². The minimum absolute atomic E-state index is 0.482. The zero-order valence-electron chi connectivity index (χ0n) is 14.6. The summed E-state index contributed by atoms with van der Waals surface area (Å²) in [6, 6.07) is 11.7. The smallest absolute Gasteiger partial charge is 0.244 e. The van der Waals surface area contributed by atoms with E-state index in [4.69, 9.17) is 0 Å². The Bertz CT molecular complexity index is 1020. The highest BCUT2D eigenvalue weighted by Crippen LogP contribution is 2.36. The van der Waals surface area contributed by atoms with Gasteiger partial charge >= 0.3 is 0 Å². The van der Waals surface area contributed by atoms with Crippen LogP contribution in [0.2, 0.25) is 0 Å². The zero-order chi connectivity index (χ0) is 18.1. The molecule has 0 amide bonds. The van der Waals surface area contributed by atoms with Crippen LogP contribution in [0.4, 0.5) is 5.69 Å². The van der Waals surface area contributed by atoms with Crippen LogP contribution in [0.1, 0.15) is 11.3 Å². The van der Waals surface area contributed by atoms with Gasteiger partial charge in [-0.2, -0.15) is 4.31 Å². The molecule has 1 fully saturated rings. The van der Waals surface area contributed by atoms with E-state index in [0.29, 0.717) is 24.5 Å². The molecule has 0 radical (unpaired) electrons. The first-order valence-electron chi connectivity index (χ1n) is 8.70. The average molecular weight is 388 g/mol. The van der Waals surface area contributed by atoms with Crippen molar-refractivity contribution in [1.82, 2.24) is 9.29 Å². The molecule has 4 rings (SSSR count). The van der Waals surface area contributed by atoms with E-state index in [9.17, 15) is 8.42 Å². The summed E-state index contributed by atoms with van der Waals surface area (Å²) in [5, 5.41) is 0.838. The number of aromatic nitrogens is 1. The number of fused-ring (bicyclic) bond motifs is 1. The van der Waals surface area contributed by atoms with Gasteiger partial charge < -0.3 is 4.90 Å². The van der Waals surface area contributed by atoms with Gasteiger partial charge in [0, 0.05) is 59.2 Å². The number of pyridine rings is 1. The lowest BCUT2D eigenvalue weighted by Gasteiger charge is -2.23. The molecule has 1 aliphatic rings. The number of sulfonamides is 1. The molecule has 3 heterocycles. The molecule has 0 atom stereocenters. The van der Waals surface area contributed by atoms with E-state index in [1.165, 1.54) is 0 Å². The van der Waals surface area contributed by atoms with Crippen molar-refractivity contribution in [3.05, 3.63) is 53.7 Å². The Morgan fingerprint density at radius 3 is 2.58 bits per heavy atom. The van der Waals surface area contributed by atoms with Crippen LogP contribution in [-0.4, -0.2) is 43.9 Å². The highest BCUT2D eigenvalue weighted by molar-refractivity contribution is 7.89. The number of anilines is 1. The van der Waals surface area contributed by atoms with E-state index in [1.54, 1.807) is 28.0 Å². The van der Waals surface area contributed by atoms with Crippen LogP contribution in [0.3, 0.4) is 0 Å². The van der Waals surface area contributed by atoms with Crippen LogP contribution in [0, 0.1) is 6.92 Å². The van der Waals surface area contributed by atoms with Crippen molar-refractivity contribution in [2.75, 3.05) is 31.1 Å². The standard InChI is InChI=1S/C19H21N3O2S2/c1-15-19(17-5-2-3-6-18(17)25-15)26(23,24)22-12-4-11-21(13-14-22)16-7-9-20-10-8-16/h2-3,5-10H,4,11-14H2,1H3. The summed E-state index contributed by atoms with van der Waals surface area (Å²) < 4.78 is 29.4. The maximum Gasteiger partial charge on any atom is 0.244 e. The molecule has 0 bridgehead atoms. The molecule has 7 heteroatoms. The largest absolute Gasteiger partial charge is 0.370 e. The van der Waals surface area contributed by atoms with Crippen molar-refractivity contribution in [2.45, 2.75) is 18.2 Å². The summed E-state index contributed by atoms with van der Waals surface area (Å²) in [5.41, 5.74) is 1.09. The van der Waals surface area contributed by atoms with E-state index >= 15 is 0 Å². The van der Waals surface area contributed by atoms with Crippen molar-refractivity contribution in [3.63, 3.8) is 0 Å². The van der Waals surface area contributed by atoms with Gasteiger partial charge in [-0.25, -0.2) is 8.42 Å². The maximum absolute atomic E-state index is 13.4. The monoisotopic (exact) mass is 387 g/mol. The van der Waals surface area contributed by atoms with E-state index in [-0.39, 0.29) is 0 Å². The first-order valence-corrected chi connectivity index (χ1v) is 11.0. The van der Waals surface area contributed by atoms with Gasteiger partial charge in [0.15, 0.2) is 0 Å². The molecule has 0 aliphatic carbocycles. The molecule has 5 nitrogen and oxygen atoms in total. The zero-order valence-corrected chi connectivity index (χ0v) is 16.3. The molecule has 1 saturated heterocycles. The lowest BCUT2D eigenvalue weighted by atomic mass is 10.2. The van der Waals surface area contributed by atoms with Crippen molar-refractivity contribution in [1.29, 1.82) is 0 Å². The second-order valence-corrected chi connectivity index (χ2v) is 9.56. The number of aryl methyl sites for hydroxylation is 1. The van der Waals surface area contributed by atoms with Crippen LogP contribution in [0.25, 0.3) is 10.1 Å². The van der Waals surface area contributed by atoms with E-state index < -0.39 is 10.0 Å². The molecule has 1 aromatic carbocycles. The van der Waals surface area contributed by atoms with Gasteiger partial charge in [-0.1, -0.05) is 18.2 Å². The quantitative estimate of drug-likeness (QED) is 0.690. The predicted molar refractivity (Wildman–Crippen MR) is 106 cm³/mol. The summed E-state index contributed by atoms with van der Waals surface area (Å²) in [4.78, 5) is 7.63. The fourth-order valence-electron chi connectivity index (χ4n) is 3.54. The molecule has 0 N–H and O–H groups in total. The summed E-state index contributed by atoms with van der Waals surface area (Å²) in [6.07, 6.45) is 4.36. The second kappa shape index (κ2) is 6.98. The number of nitrogens with zero attached hydrogens (tertiary/aromatic N) is 3. The fraction of sp³-hybridized carbons (Fsp3) is 0.316. The Balaban J connectivity index is 1.63. The lowest BCUT2D eigenvalue weighted by molar-refractivity contribution is 0.433. The van der Waals surface area contributed by atoms with Crippen LogP contribution in [0.5, 0.6) is 0 Å². The van der Waals surface area contributed by atoms with E-state index in [1.807, 2.05) is 43.3 Å². The fourth-order valence-corrected chi connectivity index (χ4v) is 6.77. The van der Waals surface area contributed by atoms with E-state index in [0.717, 1.165) is 33.6 Å². The van der Waals surface area contributed by atoms with Gasteiger partial charge in [0.1, 0.15) is 4.90 Å². The summed E-state index contributed by atoms with van der Waals surface area (Å²) in [5.74, 6) is 0. The Kier molecular flexibility index (Phi) is 4.69.